The van der Waals surface area contributed by atoms with E-state index in [-0.39, 0.29) is 31.1 Å². The number of likely N-dealkylation sites (N-methyl/N-ethyl adjacent to an activating group) is 1. The maximum Gasteiger partial charge on any atom is 0.311 e. The van der Waals surface area contributed by atoms with Crippen molar-refractivity contribution in [3.63, 3.8) is 0 Å². The van der Waals surface area contributed by atoms with Crippen LogP contribution in [0.15, 0.2) is 34.9 Å². The lowest BCUT2D eigenvalue weighted by Crippen LogP contribution is -2.61. The quantitative estimate of drug-likeness (QED) is 0.204. The van der Waals surface area contributed by atoms with Gasteiger partial charge in [0.2, 0.25) is 0 Å². The molecule has 0 amide bonds. The Hall–Kier alpha value is -2.46. The fourth-order valence-corrected chi connectivity index (χ4v) is 10.5. The summed E-state index contributed by atoms with van der Waals surface area (Å²) in [6.45, 7) is 18.2. The zero-order valence-corrected chi connectivity index (χ0v) is 42.7. The zero-order valence-electron chi connectivity index (χ0n) is 41.1. The Balaban J connectivity index is 1.48. The molecule has 0 bridgehead atoms. The highest BCUT2D eigenvalue weighted by molar-refractivity contribution is 9.10. The van der Waals surface area contributed by atoms with Gasteiger partial charge in [-0.05, 0) is 85.5 Å². The molecule has 17 nitrogen and oxygen atoms in total. The predicted molar refractivity (Wildman–Crippen MR) is 247 cm³/mol. The molecule has 4 N–H and O–H groups in total. The molecule has 3 saturated heterocycles. The number of halogens is 1. The number of ketones is 1. The molecule has 66 heavy (non-hydrogen) atoms. The Kier molecular flexibility index (Phi) is 18.6. The number of cyclic esters (lactones) is 1. The van der Waals surface area contributed by atoms with E-state index in [1.807, 2.05) is 51.4 Å². The Bertz CT molecular complexity index is 1890. The van der Waals surface area contributed by atoms with Crippen molar-refractivity contribution in [2.75, 3.05) is 27.8 Å². The number of rotatable bonds is 13. The molecule has 0 radical (unpaired) electrons. The molecular weight excluding hydrogens is 920 g/mol. The summed E-state index contributed by atoms with van der Waals surface area (Å²) >= 11 is 3.48. The van der Waals surface area contributed by atoms with Crippen LogP contribution >= 0.6 is 15.9 Å². The molecule has 0 unspecified atom stereocenters. The minimum atomic E-state index is -1.99. The normalized spacial score (nSPS) is 41.1. The lowest BCUT2D eigenvalue weighted by atomic mass is 9.74. The first-order valence-electron chi connectivity index (χ1n) is 23.5. The standard InChI is InChI=1S/C48H77BrN4O13/c1-14-36-48(10,59)41(56)28(4)38(54)26(2)22-47(9,61-13)43(29(5)40(30(6)44(58)64-36)65-37-23-46(8,60-12)42(57)31(7)63-37)66-45-39(55)35(21-27(3)62-45)52(11)20-19-34-25-53(51-50-34)24-32-15-17-33(49)18-16-32/h15-18,25-31,35-37,39-43,45,55-57,59H,14,19-24H2,1-13H3/t26-,27-,28+,29+,30-,31+,35+,36-,37+,39-,40+,41-,42+,43-,45+,46-,47-,48-/m1/s1. The summed E-state index contributed by atoms with van der Waals surface area (Å²) in [6.07, 6.45) is -6.90. The van der Waals surface area contributed by atoms with Crippen LogP contribution in [0, 0.1) is 23.7 Å². The molecule has 18 heteroatoms. The number of hydrogen-bond acceptors (Lipinski definition) is 16. The maximum absolute atomic E-state index is 14.4. The Morgan fingerprint density at radius 2 is 1.56 bits per heavy atom. The number of hydrogen-bond donors (Lipinski definition) is 4. The largest absolute Gasteiger partial charge is 0.459 e. The van der Waals surface area contributed by atoms with Gasteiger partial charge < -0.3 is 58.5 Å². The molecule has 3 aliphatic rings. The molecule has 0 saturated carbocycles. The smallest absolute Gasteiger partial charge is 0.311 e. The van der Waals surface area contributed by atoms with Gasteiger partial charge in [-0.2, -0.15) is 0 Å². The minimum Gasteiger partial charge on any atom is -0.459 e. The van der Waals surface area contributed by atoms with E-state index in [9.17, 15) is 30.0 Å². The maximum atomic E-state index is 14.4. The van der Waals surface area contributed by atoms with E-state index in [1.54, 1.807) is 53.1 Å². The van der Waals surface area contributed by atoms with Crippen molar-refractivity contribution in [3.05, 3.63) is 46.2 Å². The number of aliphatic hydroxyl groups is 4. The summed E-state index contributed by atoms with van der Waals surface area (Å²) < 4.78 is 47.5. The van der Waals surface area contributed by atoms with Crippen LogP contribution in [0.2, 0.25) is 0 Å². The van der Waals surface area contributed by atoms with E-state index in [0.717, 1.165) is 15.7 Å². The van der Waals surface area contributed by atoms with Crippen LogP contribution in [0.5, 0.6) is 0 Å². The first-order chi connectivity index (χ1) is 30.9. The first kappa shape index (κ1) is 54.5. The van der Waals surface area contributed by atoms with E-state index in [4.69, 9.17) is 33.2 Å². The molecule has 1 aromatic heterocycles. The Morgan fingerprint density at radius 1 is 0.909 bits per heavy atom. The van der Waals surface area contributed by atoms with Crippen molar-refractivity contribution in [1.82, 2.24) is 19.9 Å². The lowest BCUT2D eigenvalue weighted by molar-refractivity contribution is -0.319. The Labute approximate surface area is 399 Å². The van der Waals surface area contributed by atoms with Gasteiger partial charge in [0.05, 0.1) is 59.9 Å². The molecule has 1 aromatic carbocycles. The fraction of sp³-hybridized carbons (Fsp3) is 0.792. The molecule has 3 aliphatic heterocycles. The van der Waals surface area contributed by atoms with Crippen molar-refractivity contribution in [2.45, 2.75) is 192 Å². The minimum absolute atomic E-state index is 0.0778. The molecular formula is C48H77BrN4O13. The summed E-state index contributed by atoms with van der Waals surface area (Å²) in [7, 11) is 4.95. The molecule has 4 heterocycles. The van der Waals surface area contributed by atoms with Gasteiger partial charge in [0, 0.05) is 68.1 Å². The molecule has 0 spiro atoms. The van der Waals surface area contributed by atoms with Crippen LogP contribution in [0.1, 0.15) is 106 Å². The molecule has 5 rings (SSSR count). The van der Waals surface area contributed by atoms with E-state index in [2.05, 4.69) is 31.1 Å². The average molecular weight is 998 g/mol. The first-order valence-corrected chi connectivity index (χ1v) is 24.2. The third-order valence-corrected chi connectivity index (χ3v) is 15.3. The lowest BCUT2D eigenvalue weighted by Gasteiger charge is -2.50. The summed E-state index contributed by atoms with van der Waals surface area (Å²) in [5, 5.41) is 55.4. The van der Waals surface area contributed by atoms with Gasteiger partial charge in [-0.3, -0.25) is 9.59 Å². The fourth-order valence-electron chi connectivity index (χ4n) is 10.3. The van der Waals surface area contributed by atoms with Crippen molar-refractivity contribution in [3.8, 4) is 0 Å². The van der Waals surface area contributed by atoms with Crippen LogP contribution in [0.4, 0.5) is 0 Å². The van der Waals surface area contributed by atoms with Crippen molar-refractivity contribution in [2.24, 2.45) is 23.7 Å². The molecule has 374 valence electrons. The molecule has 2 aromatic rings. The second-order valence-corrected chi connectivity index (χ2v) is 20.8. The van der Waals surface area contributed by atoms with Gasteiger partial charge in [-0.15, -0.1) is 5.10 Å². The molecule has 18 atom stereocenters. The summed E-state index contributed by atoms with van der Waals surface area (Å²) in [5.41, 5.74) is -2.46. The number of benzene rings is 1. The number of Topliss-reactive ketones (excluding diaryl/α,β-unsaturated/α-hetero) is 1. The van der Waals surface area contributed by atoms with E-state index in [0.29, 0.717) is 25.9 Å². The van der Waals surface area contributed by atoms with Gasteiger partial charge >= 0.3 is 5.97 Å². The number of carbonyl (C=O) groups is 2. The number of esters is 1. The summed E-state index contributed by atoms with van der Waals surface area (Å²) in [6, 6.07) is 7.63. The number of methoxy groups -OCH3 is 2. The zero-order chi connectivity index (χ0) is 49.1. The van der Waals surface area contributed by atoms with Crippen LogP contribution in [0.25, 0.3) is 0 Å². The van der Waals surface area contributed by atoms with Crippen LogP contribution in [-0.4, -0.2) is 164 Å². The van der Waals surface area contributed by atoms with Crippen molar-refractivity contribution < 1.29 is 63.2 Å². The van der Waals surface area contributed by atoms with Crippen molar-refractivity contribution in [1.29, 1.82) is 0 Å². The number of ether oxygens (including phenoxy) is 7. The second-order valence-electron chi connectivity index (χ2n) is 19.9. The number of aromatic nitrogens is 3. The molecule has 3 fully saturated rings. The molecule has 0 aliphatic carbocycles. The highest BCUT2D eigenvalue weighted by Gasteiger charge is 2.54. The number of aliphatic hydroxyl groups excluding tert-OH is 3. The average Bonchev–Trinajstić information content (AvgIpc) is 3.74. The SMILES string of the molecule is CC[C@H]1OC(=O)[C@H](C)[C@@H](O[C@H]2C[C@@](C)(OC)[C@@H](O)[C@H](C)O2)[C@H](C)[C@@H](O[C@@H]2O[C@H](C)C[C@H](N(C)CCc3cn(Cc4ccc(Br)cc4)nn3)[C@H]2O)[C@](C)(OC)C[C@@H](C)C(=O)[C@H](C)[C@@H](O)[C@]1(C)O. The third-order valence-electron chi connectivity index (χ3n) is 14.7. The summed E-state index contributed by atoms with van der Waals surface area (Å²) in [5.74, 6) is -4.66. The second kappa shape index (κ2) is 22.5. The monoisotopic (exact) mass is 996 g/mol. The topological polar surface area (TPSA) is 214 Å². The third kappa shape index (κ3) is 12.3. The van der Waals surface area contributed by atoms with Crippen molar-refractivity contribution >= 4 is 27.7 Å². The predicted octanol–water partition coefficient (Wildman–Crippen LogP) is 4.45. The van der Waals surface area contributed by atoms with Gasteiger partial charge in [-0.25, -0.2) is 4.68 Å². The van der Waals surface area contributed by atoms with Gasteiger partial charge in [0.15, 0.2) is 12.6 Å². The highest BCUT2D eigenvalue weighted by Crippen LogP contribution is 2.42. The highest BCUT2D eigenvalue weighted by atomic mass is 79.9. The van der Waals surface area contributed by atoms with Crippen LogP contribution in [0.3, 0.4) is 0 Å². The number of carbonyl (C=O) groups excluding carboxylic acids is 2. The van der Waals surface area contributed by atoms with E-state index in [1.165, 1.54) is 21.1 Å². The van der Waals surface area contributed by atoms with Gasteiger partial charge in [0.25, 0.3) is 0 Å². The number of nitrogens with zero attached hydrogens (tertiary/aromatic N) is 4. The Morgan fingerprint density at radius 3 is 2.18 bits per heavy atom. The summed E-state index contributed by atoms with van der Waals surface area (Å²) in [4.78, 5) is 30.7. The van der Waals surface area contributed by atoms with Gasteiger partial charge in [-0.1, -0.05) is 61.0 Å². The van der Waals surface area contributed by atoms with Gasteiger partial charge in [0.1, 0.15) is 29.7 Å². The van der Waals surface area contributed by atoms with E-state index >= 15 is 0 Å². The van der Waals surface area contributed by atoms with Crippen LogP contribution in [-0.2, 0) is 55.7 Å². The van der Waals surface area contributed by atoms with E-state index < -0.39 is 108 Å². The van der Waals surface area contributed by atoms with Crippen LogP contribution < -0.4 is 0 Å².